The van der Waals surface area contributed by atoms with Crippen LogP contribution in [0, 0.1) is 5.92 Å². The Labute approximate surface area is 184 Å². The maximum Gasteiger partial charge on any atom is 0.338 e. The first-order chi connectivity index (χ1) is 14.3. The van der Waals surface area contributed by atoms with Crippen molar-refractivity contribution in [3.05, 3.63) is 58.6 Å². The molecular formula is C21H23BrN2O5S. The number of carbonyl (C=O) groups excluding carboxylic acids is 2. The number of ether oxygens (including phenoxy) is 1. The smallest absolute Gasteiger partial charge is 0.338 e. The van der Waals surface area contributed by atoms with E-state index in [9.17, 15) is 18.0 Å². The third-order valence-electron chi connectivity index (χ3n) is 4.94. The molecule has 0 aliphatic carbocycles. The lowest BCUT2D eigenvalue weighted by atomic mass is 9.97. The van der Waals surface area contributed by atoms with Gasteiger partial charge >= 0.3 is 5.97 Å². The van der Waals surface area contributed by atoms with Crippen molar-refractivity contribution in [2.24, 2.45) is 5.92 Å². The highest BCUT2D eigenvalue weighted by molar-refractivity contribution is 9.10. The van der Waals surface area contributed by atoms with Gasteiger partial charge in [-0.05, 0) is 68.3 Å². The Balaban J connectivity index is 1.56. The molecule has 1 heterocycles. The van der Waals surface area contributed by atoms with Crippen LogP contribution < -0.4 is 5.32 Å². The standard InChI is InChI=1S/C21H23BrN2O5S/c1-2-29-21(26)16-3-7-18(8-4-16)23-20(25)15-11-13-24(14-12-15)30(27,28)19-9-5-17(22)6-10-19/h3-10,15H,2,11-14H2,1H3,(H,23,25). The molecule has 1 amide bonds. The maximum atomic E-state index is 12.8. The number of esters is 1. The third-order valence-corrected chi connectivity index (χ3v) is 7.38. The van der Waals surface area contributed by atoms with Gasteiger partial charge in [-0.1, -0.05) is 15.9 Å². The largest absolute Gasteiger partial charge is 0.462 e. The van der Waals surface area contributed by atoms with Crippen LogP contribution in [0.25, 0.3) is 0 Å². The fourth-order valence-corrected chi connectivity index (χ4v) is 5.00. The van der Waals surface area contributed by atoms with E-state index in [0.717, 1.165) is 4.47 Å². The second-order valence-corrected chi connectivity index (χ2v) is 9.77. The summed E-state index contributed by atoms with van der Waals surface area (Å²) in [5.41, 5.74) is 0.999. The number of anilines is 1. The molecule has 0 radical (unpaired) electrons. The van der Waals surface area contributed by atoms with Gasteiger partial charge in [0.2, 0.25) is 15.9 Å². The Hall–Kier alpha value is -2.23. The molecule has 2 aromatic rings. The van der Waals surface area contributed by atoms with Crippen molar-refractivity contribution in [3.63, 3.8) is 0 Å². The highest BCUT2D eigenvalue weighted by Crippen LogP contribution is 2.26. The van der Waals surface area contributed by atoms with Gasteiger partial charge in [0.1, 0.15) is 0 Å². The quantitative estimate of drug-likeness (QED) is 0.618. The number of carbonyl (C=O) groups is 2. The molecule has 0 atom stereocenters. The SMILES string of the molecule is CCOC(=O)c1ccc(NC(=O)C2CCN(S(=O)(=O)c3ccc(Br)cc3)CC2)cc1. The van der Waals surface area contributed by atoms with Gasteiger partial charge in [-0.25, -0.2) is 13.2 Å². The number of hydrogen-bond acceptors (Lipinski definition) is 5. The molecule has 7 nitrogen and oxygen atoms in total. The van der Waals surface area contributed by atoms with Crippen LogP contribution in [-0.4, -0.2) is 44.3 Å². The highest BCUT2D eigenvalue weighted by Gasteiger charge is 2.32. The lowest BCUT2D eigenvalue weighted by Crippen LogP contribution is -2.41. The molecule has 160 valence electrons. The first-order valence-electron chi connectivity index (χ1n) is 9.65. The van der Waals surface area contributed by atoms with Crippen molar-refractivity contribution in [1.82, 2.24) is 4.31 Å². The lowest BCUT2D eigenvalue weighted by molar-refractivity contribution is -0.120. The molecule has 2 aromatic carbocycles. The fourth-order valence-electron chi connectivity index (χ4n) is 3.26. The Kier molecular flexibility index (Phi) is 7.27. The minimum Gasteiger partial charge on any atom is -0.462 e. The molecule has 0 unspecified atom stereocenters. The van der Waals surface area contributed by atoms with Gasteiger partial charge in [-0.2, -0.15) is 4.31 Å². The predicted molar refractivity (Wildman–Crippen MR) is 117 cm³/mol. The van der Waals surface area contributed by atoms with Gasteiger partial charge in [-0.15, -0.1) is 0 Å². The number of piperidine rings is 1. The number of nitrogens with one attached hydrogen (secondary N) is 1. The molecule has 1 N–H and O–H groups in total. The first kappa shape index (κ1) is 22.5. The summed E-state index contributed by atoms with van der Waals surface area (Å²) in [6, 6.07) is 13.0. The van der Waals surface area contributed by atoms with Crippen LogP contribution in [0.4, 0.5) is 5.69 Å². The minimum absolute atomic E-state index is 0.153. The van der Waals surface area contributed by atoms with Gasteiger partial charge in [0.25, 0.3) is 0 Å². The first-order valence-corrected chi connectivity index (χ1v) is 11.9. The molecule has 9 heteroatoms. The van der Waals surface area contributed by atoms with E-state index < -0.39 is 16.0 Å². The molecule has 0 bridgehead atoms. The van der Waals surface area contributed by atoms with E-state index in [1.807, 2.05) is 0 Å². The Morgan fingerprint density at radius 3 is 2.23 bits per heavy atom. The number of amides is 1. The van der Waals surface area contributed by atoms with Crippen molar-refractivity contribution < 1.29 is 22.7 Å². The Morgan fingerprint density at radius 1 is 1.07 bits per heavy atom. The zero-order chi connectivity index (χ0) is 21.7. The molecule has 1 fully saturated rings. The normalized spacial score (nSPS) is 15.5. The Bertz CT molecular complexity index is 999. The molecule has 1 aliphatic heterocycles. The monoisotopic (exact) mass is 494 g/mol. The number of sulfonamides is 1. The molecule has 3 rings (SSSR count). The summed E-state index contributed by atoms with van der Waals surface area (Å²) >= 11 is 3.30. The Morgan fingerprint density at radius 2 is 1.67 bits per heavy atom. The van der Waals surface area contributed by atoms with Gasteiger partial charge in [0.05, 0.1) is 17.1 Å². The van der Waals surface area contributed by atoms with E-state index in [2.05, 4.69) is 21.2 Å². The van der Waals surface area contributed by atoms with Gasteiger partial charge in [0.15, 0.2) is 0 Å². The van der Waals surface area contributed by atoms with Crippen LogP contribution in [0.1, 0.15) is 30.1 Å². The molecule has 0 spiro atoms. The number of nitrogens with zero attached hydrogens (tertiary/aromatic N) is 1. The van der Waals surface area contributed by atoms with Gasteiger partial charge in [0, 0.05) is 29.2 Å². The second-order valence-electron chi connectivity index (χ2n) is 6.92. The second kappa shape index (κ2) is 9.72. The zero-order valence-electron chi connectivity index (χ0n) is 16.5. The summed E-state index contributed by atoms with van der Waals surface area (Å²) in [4.78, 5) is 24.5. The van der Waals surface area contributed by atoms with E-state index in [1.54, 1.807) is 55.5 Å². The van der Waals surface area contributed by atoms with Crippen molar-refractivity contribution in [2.45, 2.75) is 24.7 Å². The van der Waals surface area contributed by atoms with Crippen molar-refractivity contribution in [3.8, 4) is 0 Å². The number of rotatable bonds is 6. The van der Waals surface area contributed by atoms with E-state index in [4.69, 9.17) is 4.74 Å². The molecular weight excluding hydrogens is 472 g/mol. The summed E-state index contributed by atoms with van der Waals surface area (Å²) < 4.78 is 32.7. The molecule has 0 aromatic heterocycles. The minimum atomic E-state index is -3.57. The van der Waals surface area contributed by atoms with E-state index in [0.29, 0.717) is 30.7 Å². The van der Waals surface area contributed by atoms with Crippen LogP contribution in [0.3, 0.4) is 0 Å². The number of hydrogen-bond donors (Lipinski definition) is 1. The lowest BCUT2D eigenvalue weighted by Gasteiger charge is -2.30. The summed E-state index contributed by atoms with van der Waals surface area (Å²) in [7, 11) is -3.57. The van der Waals surface area contributed by atoms with Crippen LogP contribution >= 0.6 is 15.9 Å². The molecule has 30 heavy (non-hydrogen) atoms. The van der Waals surface area contributed by atoms with E-state index >= 15 is 0 Å². The average molecular weight is 495 g/mol. The fraction of sp³-hybridized carbons (Fsp3) is 0.333. The predicted octanol–water partition coefficient (Wildman–Crippen LogP) is 3.67. The number of halogens is 1. The van der Waals surface area contributed by atoms with Crippen LogP contribution in [0.5, 0.6) is 0 Å². The van der Waals surface area contributed by atoms with Crippen LogP contribution in [0.2, 0.25) is 0 Å². The summed E-state index contributed by atoms with van der Waals surface area (Å²) in [6.07, 6.45) is 0.894. The van der Waals surface area contributed by atoms with Crippen LogP contribution in [-0.2, 0) is 19.6 Å². The summed E-state index contributed by atoms with van der Waals surface area (Å²) in [5, 5.41) is 2.84. The molecule has 0 saturated carbocycles. The summed E-state index contributed by atoms with van der Waals surface area (Å²) in [5.74, 6) is -0.833. The number of benzene rings is 2. The summed E-state index contributed by atoms with van der Waals surface area (Å²) in [6.45, 7) is 2.62. The van der Waals surface area contributed by atoms with Gasteiger partial charge in [-0.3, -0.25) is 4.79 Å². The van der Waals surface area contributed by atoms with Crippen LogP contribution in [0.15, 0.2) is 57.9 Å². The topological polar surface area (TPSA) is 92.8 Å². The maximum absolute atomic E-state index is 12.8. The average Bonchev–Trinajstić information content (AvgIpc) is 2.75. The van der Waals surface area contributed by atoms with E-state index in [1.165, 1.54) is 4.31 Å². The molecule has 1 saturated heterocycles. The zero-order valence-corrected chi connectivity index (χ0v) is 18.9. The van der Waals surface area contributed by atoms with Crippen molar-refractivity contribution in [2.75, 3.05) is 25.0 Å². The van der Waals surface area contributed by atoms with Crippen molar-refractivity contribution in [1.29, 1.82) is 0 Å². The van der Waals surface area contributed by atoms with E-state index in [-0.39, 0.29) is 29.8 Å². The van der Waals surface area contributed by atoms with Gasteiger partial charge < -0.3 is 10.1 Å². The van der Waals surface area contributed by atoms with Crippen molar-refractivity contribution >= 4 is 43.5 Å². The third kappa shape index (κ3) is 5.27. The molecule has 1 aliphatic rings. The highest BCUT2D eigenvalue weighted by atomic mass is 79.9.